The first-order valence-corrected chi connectivity index (χ1v) is 3.70. The van der Waals surface area contributed by atoms with Crippen LogP contribution in [0.2, 0.25) is 0 Å². The maximum Gasteiger partial charge on any atom is 0.402 e. The summed E-state index contributed by atoms with van der Waals surface area (Å²) in [5.41, 5.74) is 4.38. The second-order valence-electron chi connectivity index (χ2n) is 2.62. The van der Waals surface area contributed by atoms with E-state index in [1.165, 1.54) is 7.05 Å². The second kappa shape index (κ2) is 3.74. The van der Waals surface area contributed by atoms with E-state index in [1.807, 2.05) is 0 Å². The van der Waals surface area contributed by atoms with Crippen molar-refractivity contribution in [2.24, 2.45) is 12.8 Å². The van der Waals surface area contributed by atoms with E-state index in [9.17, 15) is 19.7 Å². The predicted molar refractivity (Wildman–Crippen MR) is 46.9 cm³/mol. The van der Waals surface area contributed by atoms with Gasteiger partial charge in [-0.25, -0.2) is 4.79 Å². The molecule has 0 bridgehead atoms. The average Bonchev–Trinajstić information content (AvgIpc) is 2.46. The number of imide groups is 1. The topological polar surface area (TPSA) is 133 Å². The second-order valence-corrected chi connectivity index (χ2v) is 2.62. The fourth-order valence-corrected chi connectivity index (χ4v) is 0.951. The summed E-state index contributed by atoms with van der Waals surface area (Å²) in [6, 6.07) is -1.09. The van der Waals surface area contributed by atoms with Crippen LogP contribution >= 0.6 is 0 Å². The molecule has 3 N–H and O–H groups in total. The van der Waals surface area contributed by atoms with Gasteiger partial charge in [-0.1, -0.05) is 0 Å². The Morgan fingerprint density at radius 3 is 2.73 bits per heavy atom. The summed E-state index contributed by atoms with van der Waals surface area (Å²) >= 11 is 0. The van der Waals surface area contributed by atoms with Gasteiger partial charge in [0.2, 0.25) is 0 Å². The van der Waals surface area contributed by atoms with E-state index in [4.69, 9.17) is 5.73 Å². The number of hydrogen-bond acceptors (Lipinski definition) is 5. The molecule has 1 aromatic heterocycles. The van der Waals surface area contributed by atoms with Gasteiger partial charge in [-0.15, -0.1) is 0 Å². The van der Waals surface area contributed by atoms with Crippen molar-refractivity contribution in [3.63, 3.8) is 0 Å². The molecule has 0 radical (unpaired) electrons. The Kier molecular flexibility index (Phi) is 2.65. The Bertz CT molecular complexity index is 437. The SMILES string of the molecule is Cn1cc(C(=O)NC(N)=O)c([N+](=O)[O-])n1. The Morgan fingerprint density at radius 1 is 1.67 bits per heavy atom. The van der Waals surface area contributed by atoms with E-state index in [-0.39, 0.29) is 5.56 Å². The number of hydrogen-bond donors (Lipinski definition) is 2. The molecule has 0 aliphatic heterocycles. The van der Waals surface area contributed by atoms with Gasteiger partial charge in [-0.3, -0.25) is 10.1 Å². The van der Waals surface area contributed by atoms with Gasteiger partial charge < -0.3 is 15.8 Å². The normalized spacial score (nSPS) is 9.67. The van der Waals surface area contributed by atoms with Crippen LogP contribution < -0.4 is 11.1 Å². The summed E-state index contributed by atoms with van der Waals surface area (Å²) in [5.74, 6) is -1.58. The number of primary amides is 1. The molecule has 3 amide bonds. The number of nitrogens with zero attached hydrogens (tertiary/aromatic N) is 3. The van der Waals surface area contributed by atoms with Crippen molar-refractivity contribution in [2.45, 2.75) is 0 Å². The van der Waals surface area contributed by atoms with E-state index in [1.54, 1.807) is 5.32 Å². The molecule has 0 aliphatic rings. The molecule has 9 heteroatoms. The number of nitrogens with two attached hydrogens (primary N) is 1. The Balaban J connectivity index is 3.07. The Labute approximate surface area is 83.0 Å². The number of carbonyl (C=O) groups excluding carboxylic acids is 2. The summed E-state index contributed by atoms with van der Waals surface area (Å²) < 4.78 is 1.09. The number of rotatable bonds is 2. The zero-order valence-electron chi connectivity index (χ0n) is 7.63. The largest absolute Gasteiger partial charge is 0.402 e. The molecule has 0 spiro atoms. The van der Waals surface area contributed by atoms with Gasteiger partial charge in [0.1, 0.15) is 0 Å². The predicted octanol–water partition coefficient (Wildman–Crippen LogP) is -0.863. The molecule has 9 nitrogen and oxygen atoms in total. The number of aryl methyl sites for hydroxylation is 1. The van der Waals surface area contributed by atoms with E-state index >= 15 is 0 Å². The minimum Gasteiger partial charge on any atom is -0.358 e. The number of amides is 3. The number of nitrogens with one attached hydrogen (secondary N) is 1. The molecule has 15 heavy (non-hydrogen) atoms. The third-order valence-electron chi connectivity index (χ3n) is 1.46. The van der Waals surface area contributed by atoms with Gasteiger partial charge in [-0.05, 0) is 4.92 Å². The standard InChI is InChI=1S/C6H7N5O4/c1-10-2-3(4(9-10)11(14)15)5(12)8-6(7)13/h2H,1H3,(H3,7,8,12,13). The highest BCUT2D eigenvalue weighted by atomic mass is 16.6. The molecular weight excluding hydrogens is 206 g/mol. The highest BCUT2D eigenvalue weighted by Crippen LogP contribution is 2.14. The van der Waals surface area contributed by atoms with Crippen LogP contribution in [0.15, 0.2) is 6.20 Å². The fraction of sp³-hybridized carbons (Fsp3) is 0.167. The van der Waals surface area contributed by atoms with Crippen molar-refractivity contribution in [3.05, 3.63) is 21.9 Å². The average molecular weight is 213 g/mol. The molecule has 1 heterocycles. The maximum atomic E-state index is 11.2. The first-order chi connectivity index (χ1) is 6.91. The highest BCUT2D eigenvalue weighted by Gasteiger charge is 2.25. The van der Waals surface area contributed by atoms with Crippen molar-refractivity contribution >= 4 is 17.8 Å². The van der Waals surface area contributed by atoms with Gasteiger partial charge in [0.05, 0.1) is 18.3 Å². The molecule has 0 unspecified atom stereocenters. The van der Waals surface area contributed by atoms with Crippen LogP contribution in [0.1, 0.15) is 10.4 Å². The van der Waals surface area contributed by atoms with Crippen LogP contribution in [0.4, 0.5) is 10.6 Å². The first-order valence-electron chi connectivity index (χ1n) is 3.70. The van der Waals surface area contributed by atoms with Crippen LogP contribution in [0.5, 0.6) is 0 Å². The Hall–Kier alpha value is -2.45. The molecule has 0 fully saturated rings. The molecule has 1 aromatic rings. The third kappa shape index (κ3) is 2.27. The van der Waals surface area contributed by atoms with Crippen LogP contribution in [-0.2, 0) is 7.05 Å². The quantitative estimate of drug-likeness (QED) is 0.486. The molecule has 0 aliphatic carbocycles. The van der Waals surface area contributed by atoms with Crippen molar-refractivity contribution in [3.8, 4) is 0 Å². The van der Waals surface area contributed by atoms with E-state index < -0.39 is 22.7 Å². The van der Waals surface area contributed by atoms with Crippen LogP contribution in [0.25, 0.3) is 0 Å². The molecule has 0 saturated heterocycles. The summed E-state index contributed by atoms with van der Waals surface area (Å²) in [5, 5.41) is 15.6. The van der Waals surface area contributed by atoms with Gasteiger partial charge in [0.15, 0.2) is 5.56 Å². The highest BCUT2D eigenvalue weighted by molar-refractivity contribution is 6.05. The van der Waals surface area contributed by atoms with Crippen molar-refractivity contribution in [2.75, 3.05) is 0 Å². The number of urea groups is 1. The minimum absolute atomic E-state index is 0.318. The molecule has 1 rings (SSSR count). The van der Waals surface area contributed by atoms with Gasteiger partial charge >= 0.3 is 11.8 Å². The summed E-state index contributed by atoms with van der Waals surface area (Å²) in [7, 11) is 1.41. The van der Waals surface area contributed by atoms with Crippen molar-refractivity contribution in [1.29, 1.82) is 0 Å². The smallest absolute Gasteiger partial charge is 0.358 e. The summed E-state index contributed by atoms with van der Waals surface area (Å²) in [6.07, 6.45) is 1.12. The molecule has 0 aromatic carbocycles. The lowest BCUT2D eigenvalue weighted by atomic mass is 10.3. The van der Waals surface area contributed by atoms with Gasteiger partial charge in [0.25, 0.3) is 5.91 Å². The van der Waals surface area contributed by atoms with Gasteiger partial charge in [-0.2, -0.15) is 4.68 Å². The Morgan fingerprint density at radius 2 is 2.27 bits per heavy atom. The lowest BCUT2D eigenvalue weighted by Gasteiger charge is -1.96. The van der Waals surface area contributed by atoms with Gasteiger partial charge in [0, 0.05) is 0 Å². The summed E-state index contributed by atoms with van der Waals surface area (Å²) in [4.78, 5) is 31.2. The monoisotopic (exact) mass is 213 g/mol. The number of nitro groups is 1. The lowest BCUT2D eigenvalue weighted by Crippen LogP contribution is -2.35. The van der Waals surface area contributed by atoms with Crippen LogP contribution in [0.3, 0.4) is 0 Å². The molecule has 80 valence electrons. The third-order valence-corrected chi connectivity index (χ3v) is 1.46. The zero-order valence-corrected chi connectivity index (χ0v) is 7.63. The van der Waals surface area contributed by atoms with Crippen molar-refractivity contribution < 1.29 is 14.5 Å². The first kappa shape index (κ1) is 10.6. The summed E-state index contributed by atoms with van der Waals surface area (Å²) in [6.45, 7) is 0. The number of aromatic nitrogens is 2. The van der Waals surface area contributed by atoms with E-state index in [0.29, 0.717) is 0 Å². The van der Waals surface area contributed by atoms with Crippen LogP contribution in [0, 0.1) is 10.1 Å². The molecule has 0 saturated carbocycles. The maximum absolute atomic E-state index is 11.2. The zero-order chi connectivity index (χ0) is 11.6. The molecular formula is C6H7N5O4. The lowest BCUT2D eigenvalue weighted by molar-refractivity contribution is -0.390. The van der Waals surface area contributed by atoms with E-state index in [0.717, 1.165) is 10.9 Å². The van der Waals surface area contributed by atoms with Crippen LogP contribution in [-0.4, -0.2) is 26.6 Å². The van der Waals surface area contributed by atoms with Crippen molar-refractivity contribution in [1.82, 2.24) is 15.1 Å². The number of carbonyl (C=O) groups is 2. The fourth-order valence-electron chi connectivity index (χ4n) is 0.951. The van der Waals surface area contributed by atoms with E-state index in [2.05, 4.69) is 5.10 Å². The molecule has 0 atom stereocenters. The minimum atomic E-state index is -1.09.